The third-order valence-electron chi connectivity index (χ3n) is 2.93. The first-order valence-electron chi connectivity index (χ1n) is 7.73. The quantitative estimate of drug-likeness (QED) is 0.287. The number of rotatable bonds is 11. The molecule has 0 aliphatic heterocycles. The second kappa shape index (κ2) is 11.6. The zero-order valence-corrected chi connectivity index (χ0v) is 13.7. The van der Waals surface area contributed by atoms with Gasteiger partial charge in [-0.2, -0.15) is 0 Å². The molecular formula is C16H31ClO2. The minimum absolute atomic E-state index is 0.0615. The molecule has 0 aliphatic rings. The van der Waals surface area contributed by atoms with Gasteiger partial charge in [0.2, 0.25) is 0 Å². The van der Waals surface area contributed by atoms with Crippen molar-refractivity contribution in [2.75, 3.05) is 5.88 Å². The summed E-state index contributed by atoms with van der Waals surface area (Å²) in [7, 11) is 0. The third-order valence-corrected chi connectivity index (χ3v) is 3.20. The summed E-state index contributed by atoms with van der Waals surface area (Å²) in [5, 5.41) is 0. The smallest absolute Gasteiger partial charge is 0.306 e. The van der Waals surface area contributed by atoms with Crippen molar-refractivity contribution in [3.8, 4) is 0 Å². The van der Waals surface area contributed by atoms with Gasteiger partial charge in [0, 0.05) is 12.3 Å². The van der Waals surface area contributed by atoms with Crippen LogP contribution in [0.1, 0.15) is 85.0 Å². The first kappa shape index (κ1) is 18.8. The van der Waals surface area contributed by atoms with Gasteiger partial charge < -0.3 is 4.74 Å². The topological polar surface area (TPSA) is 26.3 Å². The molecule has 0 aromatic heterocycles. The van der Waals surface area contributed by atoms with E-state index in [4.69, 9.17) is 16.3 Å². The van der Waals surface area contributed by atoms with E-state index in [9.17, 15) is 4.79 Å². The fourth-order valence-electron chi connectivity index (χ4n) is 1.99. The fraction of sp³-hybridized carbons (Fsp3) is 0.938. The number of unbranched alkanes of at least 4 members (excludes halogenated alkanes) is 8. The molecule has 0 atom stereocenters. The van der Waals surface area contributed by atoms with E-state index in [1.165, 1.54) is 38.5 Å². The molecule has 0 unspecified atom stereocenters. The maximum atomic E-state index is 11.5. The molecule has 0 spiro atoms. The average molecular weight is 291 g/mol. The van der Waals surface area contributed by atoms with Gasteiger partial charge in [-0.3, -0.25) is 4.79 Å². The Kier molecular flexibility index (Phi) is 11.4. The van der Waals surface area contributed by atoms with Crippen LogP contribution in [0.3, 0.4) is 0 Å². The summed E-state index contributed by atoms with van der Waals surface area (Å²) < 4.78 is 5.27. The van der Waals surface area contributed by atoms with Crippen molar-refractivity contribution in [1.29, 1.82) is 0 Å². The number of carbonyl (C=O) groups excluding carboxylic acids is 1. The number of ether oxygens (including phenoxy) is 1. The maximum Gasteiger partial charge on any atom is 0.306 e. The minimum atomic E-state index is -0.347. The van der Waals surface area contributed by atoms with Crippen molar-refractivity contribution < 1.29 is 9.53 Å². The fourth-order valence-corrected chi connectivity index (χ4v) is 2.18. The molecule has 0 aromatic carbocycles. The highest BCUT2D eigenvalue weighted by Crippen LogP contribution is 2.13. The van der Waals surface area contributed by atoms with E-state index in [1.54, 1.807) is 0 Å². The van der Waals surface area contributed by atoms with Gasteiger partial charge in [-0.15, -0.1) is 11.6 Å². The van der Waals surface area contributed by atoms with Crippen molar-refractivity contribution in [3.05, 3.63) is 0 Å². The Bertz CT molecular complexity index is 221. The van der Waals surface area contributed by atoms with Crippen LogP contribution in [-0.2, 0) is 9.53 Å². The highest BCUT2D eigenvalue weighted by atomic mass is 35.5. The molecule has 0 heterocycles. The molecule has 0 fully saturated rings. The SMILES string of the molecule is CC(C)(C)OC(=O)CCCCCCCCCCCCl. The van der Waals surface area contributed by atoms with Gasteiger partial charge in [0.1, 0.15) is 5.60 Å². The van der Waals surface area contributed by atoms with E-state index < -0.39 is 0 Å². The molecule has 0 radical (unpaired) electrons. The molecular weight excluding hydrogens is 260 g/mol. The van der Waals surface area contributed by atoms with Crippen LogP contribution < -0.4 is 0 Å². The van der Waals surface area contributed by atoms with Crippen LogP contribution in [0.4, 0.5) is 0 Å². The molecule has 0 aromatic rings. The lowest BCUT2D eigenvalue weighted by Crippen LogP contribution is -2.23. The van der Waals surface area contributed by atoms with Crippen molar-refractivity contribution >= 4 is 17.6 Å². The predicted octanol–water partition coefficient (Wildman–Crippen LogP) is 5.47. The molecule has 0 rings (SSSR count). The van der Waals surface area contributed by atoms with Crippen LogP contribution in [0, 0.1) is 0 Å². The lowest BCUT2D eigenvalue weighted by molar-refractivity contribution is -0.154. The van der Waals surface area contributed by atoms with E-state index in [0.717, 1.165) is 25.1 Å². The molecule has 0 N–H and O–H groups in total. The average Bonchev–Trinajstić information content (AvgIpc) is 2.29. The lowest BCUT2D eigenvalue weighted by atomic mass is 10.1. The zero-order valence-electron chi connectivity index (χ0n) is 13.0. The summed E-state index contributed by atoms with van der Waals surface area (Å²) in [5.41, 5.74) is -0.347. The lowest BCUT2D eigenvalue weighted by Gasteiger charge is -2.19. The summed E-state index contributed by atoms with van der Waals surface area (Å²) in [4.78, 5) is 11.5. The molecule has 0 saturated heterocycles. The second-order valence-electron chi connectivity index (χ2n) is 6.21. The summed E-state index contributed by atoms with van der Waals surface area (Å²) in [6.07, 6.45) is 11.5. The van der Waals surface area contributed by atoms with Gasteiger partial charge in [-0.05, 0) is 33.6 Å². The Hall–Kier alpha value is -0.240. The Morgan fingerprint density at radius 3 is 1.68 bits per heavy atom. The summed E-state index contributed by atoms with van der Waals surface area (Å²) in [5.74, 6) is 0.735. The van der Waals surface area contributed by atoms with Crippen LogP contribution in [0.2, 0.25) is 0 Å². The van der Waals surface area contributed by atoms with E-state index in [0.29, 0.717) is 6.42 Å². The van der Waals surface area contributed by atoms with E-state index in [-0.39, 0.29) is 11.6 Å². The third kappa shape index (κ3) is 15.7. The number of esters is 1. The van der Waals surface area contributed by atoms with Crippen LogP contribution in [0.15, 0.2) is 0 Å². The van der Waals surface area contributed by atoms with E-state index in [1.807, 2.05) is 20.8 Å². The van der Waals surface area contributed by atoms with E-state index in [2.05, 4.69) is 0 Å². The van der Waals surface area contributed by atoms with Gasteiger partial charge in [0.25, 0.3) is 0 Å². The van der Waals surface area contributed by atoms with Gasteiger partial charge >= 0.3 is 5.97 Å². The Morgan fingerprint density at radius 2 is 1.26 bits per heavy atom. The Morgan fingerprint density at radius 1 is 0.842 bits per heavy atom. The normalized spacial score (nSPS) is 11.6. The number of alkyl halides is 1. The molecule has 0 saturated carbocycles. The largest absolute Gasteiger partial charge is 0.460 e. The van der Waals surface area contributed by atoms with Crippen molar-refractivity contribution in [2.45, 2.75) is 90.6 Å². The molecule has 2 nitrogen and oxygen atoms in total. The van der Waals surface area contributed by atoms with Crippen molar-refractivity contribution in [1.82, 2.24) is 0 Å². The number of halogens is 1. The maximum absolute atomic E-state index is 11.5. The van der Waals surface area contributed by atoms with Crippen LogP contribution >= 0.6 is 11.6 Å². The summed E-state index contributed by atoms with van der Waals surface area (Å²) >= 11 is 5.63. The first-order valence-corrected chi connectivity index (χ1v) is 8.27. The van der Waals surface area contributed by atoms with Gasteiger partial charge in [0.05, 0.1) is 0 Å². The first-order chi connectivity index (χ1) is 8.95. The Balaban J connectivity index is 3.21. The summed E-state index contributed by atoms with van der Waals surface area (Å²) in [6, 6.07) is 0. The number of hydrogen-bond acceptors (Lipinski definition) is 2. The number of hydrogen-bond donors (Lipinski definition) is 0. The Labute approximate surface area is 124 Å². The molecule has 0 aliphatic carbocycles. The molecule has 114 valence electrons. The number of carbonyl (C=O) groups is 1. The van der Waals surface area contributed by atoms with Crippen molar-refractivity contribution in [2.24, 2.45) is 0 Å². The second-order valence-corrected chi connectivity index (χ2v) is 6.59. The minimum Gasteiger partial charge on any atom is -0.460 e. The van der Waals surface area contributed by atoms with Gasteiger partial charge in [-0.25, -0.2) is 0 Å². The van der Waals surface area contributed by atoms with Crippen molar-refractivity contribution in [3.63, 3.8) is 0 Å². The molecule has 0 amide bonds. The van der Waals surface area contributed by atoms with Gasteiger partial charge in [0.15, 0.2) is 0 Å². The highest BCUT2D eigenvalue weighted by Gasteiger charge is 2.15. The standard InChI is InChI=1S/C16H31ClO2/c1-16(2,3)19-15(18)13-11-9-7-5-4-6-8-10-12-14-17/h4-14H2,1-3H3. The molecule has 19 heavy (non-hydrogen) atoms. The van der Waals surface area contributed by atoms with Crippen LogP contribution in [0.25, 0.3) is 0 Å². The van der Waals surface area contributed by atoms with Crippen LogP contribution in [-0.4, -0.2) is 17.5 Å². The van der Waals surface area contributed by atoms with E-state index >= 15 is 0 Å². The molecule has 0 bridgehead atoms. The zero-order chi connectivity index (χ0) is 14.6. The predicted molar refractivity (Wildman–Crippen MR) is 82.7 cm³/mol. The monoisotopic (exact) mass is 290 g/mol. The highest BCUT2D eigenvalue weighted by molar-refractivity contribution is 6.17. The van der Waals surface area contributed by atoms with Gasteiger partial charge in [-0.1, -0.05) is 44.9 Å². The summed E-state index contributed by atoms with van der Waals surface area (Å²) in [6.45, 7) is 5.74. The molecule has 3 heteroatoms. The van der Waals surface area contributed by atoms with Crippen LogP contribution in [0.5, 0.6) is 0 Å².